The molecule has 0 aliphatic carbocycles. The third-order valence-corrected chi connectivity index (χ3v) is 3.87. The molecule has 0 saturated carbocycles. The minimum Gasteiger partial charge on any atom is -0.372 e. The van der Waals surface area contributed by atoms with Crippen molar-refractivity contribution in [2.75, 3.05) is 12.4 Å². The van der Waals surface area contributed by atoms with Gasteiger partial charge in [0.25, 0.3) is 0 Å². The normalized spacial score (nSPS) is 11.0. The molecule has 1 aromatic carbocycles. The summed E-state index contributed by atoms with van der Waals surface area (Å²) in [5, 5.41) is 3.94. The van der Waals surface area contributed by atoms with Gasteiger partial charge >= 0.3 is 0 Å². The van der Waals surface area contributed by atoms with Crippen molar-refractivity contribution >= 4 is 27.4 Å². The summed E-state index contributed by atoms with van der Waals surface area (Å²) < 4.78 is 26.3. The van der Waals surface area contributed by atoms with Crippen LogP contribution in [0.15, 0.2) is 24.3 Å². The summed E-state index contributed by atoms with van der Waals surface area (Å²) in [5.74, 6) is -0.725. The van der Waals surface area contributed by atoms with E-state index in [4.69, 9.17) is 0 Å². The molecular weight excluding hydrogens is 280 g/mol. The lowest BCUT2D eigenvalue weighted by Gasteiger charge is -2.05. The van der Waals surface area contributed by atoms with Gasteiger partial charge in [-0.3, -0.25) is 0 Å². The Hall–Kier alpha value is -2.08. The van der Waals surface area contributed by atoms with Crippen molar-refractivity contribution in [2.24, 2.45) is 0 Å². The molecule has 0 saturated heterocycles. The van der Waals surface area contributed by atoms with Gasteiger partial charge in [0.2, 0.25) is 0 Å². The second kappa shape index (κ2) is 4.79. The number of aromatic nitrogens is 2. The number of rotatable bonds is 2. The van der Waals surface area contributed by atoms with E-state index in [1.165, 1.54) is 17.4 Å². The lowest BCUT2D eigenvalue weighted by molar-refractivity contribution is 0.509. The third-order valence-electron chi connectivity index (χ3n) is 2.93. The smallest absolute Gasteiger partial charge is 0.163 e. The Bertz CT molecular complexity index is 798. The molecule has 20 heavy (non-hydrogen) atoms. The standard InChI is InChI=1S/C14H11F2N3S/c1-7-5-9-13(17-2)18-12(19-14(9)20-7)8-3-4-10(15)11(16)6-8/h3-6H,1-2H3,(H,17,18,19). The van der Waals surface area contributed by atoms with Crippen molar-refractivity contribution in [3.63, 3.8) is 0 Å². The highest BCUT2D eigenvalue weighted by atomic mass is 32.1. The summed E-state index contributed by atoms with van der Waals surface area (Å²) in [4.78, 5) is 10.7. The molecule has 102 valence electrons. The maximum Gasteiger partial charge on any atom is 0.163 e. The van der Waals surface area contributed by atoms with E-state index in [1.807, 2.05) is 13.0 Å². The van der Waals surface area contributed by atoms with Gasteiger partial charge in [0.05, 0.1) is 5.39 Å². The predicted octanol–water partition coefficient (Wildman–Crippen LogP) is 3.99. The molecule has 3 rings (SSSR count). The van der Waals surface area contributed by atoms with Gasteiger partial charge in [0.15, 0.2) is 17.5 Å². The van der Waals surface area contributed by atoms with Crippen molar-refractivity contribution in [1.82, 2.24) is 9.97 Å². The van der Waals surface area contributed by atoms with Crippen LogP contribution in [0, 0.1) is 18.6 Å². The van der Waals surface area contributed by atoms with E-state index in [0.29, 0.717) is 17.2 Å². The van der Waals surface area contributed by atoms with Crippen molar-refractivity contribution in [3.05, 3.63) is 40.8 Å². The zero-order valence-corrected chi connectivity index (χ0v) is 11.7. The molecule has 0 atom stereocenters. The number of benzene rings is 1. The number of anilines is 1. The van der Waals surface area contributed by atoms with E-state index in [1.54, 1.807) is 7.05 Å². The first-order valence-electron chi connectivity index (χ1n) is 6.00. The SMILES string of the molecule is CNc1nc(-c2ccc(F)c(F)c2)nc2sc(C)cc12. The molecule has 0 spiro atoms. The van der Waals surface area contributed by atoms with Gasteiger partial charge in [-0.1, -0.05) is 0 Å². The number of nitrogens with zero attached hydrogens (tertiary/aromatic N) is 2. The number of nitrogens with one attached hydrogen (secondary N) is 1. The Kier molecular flexibility index (Phi) is 3.10. The Morgan fingerprint density at radius 2 is 1.90 bits per heavy atom. The molecule has 0 aliphatic heterocycles. The second-order valence-electron chi connectivity index (χ2n) is 4.35. The largest absolute Gasteiger partial charge is 0.372 e. The highest BCUT2D eigenvalue weighted by Crippen LogP contribution is 2.31. The molecule has 2 aromatic heterocycles. The fourth-order valence-electron chi connectivity index (χ4n) is 2.00. The molecule has 6 heteroatoms. The average molecular weight is 291 g/mol. The third kappa shape index (κ3) is 2.12. The van der Waals surface area contributed by atoms with Crippen LogP contribution in [-0.4, -0.2) is 17.0 Å². The number of fused-ring (bicyclic) bond motifs is 1. The number of aryl methyl sites for hydroxylation is 1. The van der Waals surface area contributed by atoms with E-state index < -0.39 is 11.6 Å². The van der Waals surface area contributed by atoms with Crippen LogP contribution in [-0.2, 0) is 0 Å². The second-order valence-corrected chi connectivity index (χ2v) is 5.59. The Morgan fingerprint density at radius 1 is 1.10 bits per heavy atom. The lowest BCUT2D eigenvalue weighted by atomic mass is 10.2. The zero-order chi connectivity index (χ0) is 14.3. The Morgan fingerprint density at radius 3 is 2.60 bits per heavy atom. The summed E-state index contributed by atoms with van der Waals surface area (Å²) in [6, 6.07) is 5.66. The van der Waals surface area contributed by atoms with Crippen LogP contribution in [0.4, 0.5) is 14.6 Å². The topological polar surface area (TPSA) is 37.8 Å². The summed E-state index contributed by atoms with van der Waals surface area (Å²) in [6.45, 7) is 1.99. The van der Waals surface area contributed by atoms with E-state index in [-0.39, 0.29) is 0 Å². The van der Waals surface area contributed by atoms with Gasteiger partial charge < -0.3 is 5.32 Å². The number of halogens is 2. The van der Waals surface area contributed by atoms with E-state index in [9.17, 15) is 8.78 Å². The molecule has 1 N–H and O–H groups in total. The molecule has 2 heterocycles. The molecule has 0 bridgehead atoms. The van der Waals surface area contributed by atoms with Crippen molar-refractivity contribution < 1.29 is 8.78 Å². The highest BCUT2D eigenvalue weighted by molar-refractivity contribution is 7.18. The van der Waals surface area contributed by atoms with E-state index >= 15 is 0 Å². The van der Waals surface area contributed by atoms with Crippen LogP contribution in [0.3, 0.4) is 0 Å². The molecular formula is C14H11F2N3S. The minimum absolute atomic E-state index is 0.377. The predicted molar refractivity (Wildman–Crippen MR) is 77.1 cm³/mol. The fourth-order valence-corrected chi connectivity index (χ4v) is 2.88. The van der Waals surface area contributed by atoms with Crippen LogP contribution in [0.25, 0.3) is 21.6 Å². The Labute approximate surface area is 118 Å². The van der Waals surface area contributed by atoms with Gasteiger partial charge in [-0.15, -0.1) is 11.3 Å². The number of hydrogen-bond donors (Lipinski definition) is 1. The number of hydrogen-bond acceptors (Lipinski definition) is 4. The average Bonchev–Trinajstić information content (AvgIpc) is 2.80. The molecule has 0 unspecified atom stereocenters. The monoisotopic (exact) mass is 291 g/mol. The molecule has 0 aliphatic rings. The van der Waals surface area contributed by atoms with Gasteiger partial charge in [-0.05, 0) is 31.2 Å². The van der Waals surface area contributed by atoms with E-state index in [2.05, 4.69) is 15.3 Å². The first kappa shape index (κ1) is 12.9. The van der Waals surface area contributed by atoms with Gasteiger partial charge in [-0.25, -0.2) is 18.7 Å². The summed E-state index contributed by atoms with van der Waals surface area (Å²) >= 11 is 1.54. The van der Waals surface area contributed by atoms with Crippen molar-refractivity contribution in [3.8, 4) is 11.4 Å². The van der Waals surface area contributed by atoms with Gasteiger partial charge in [-0.2, -0.15) is 0 Å². The lowest BCUT2D eigenvalue weighted by Crippen LogP contribution is -1.97. The molecule has 3 aromatic rings. The van der Waals surface area contributed by atoms with E-state index in [0.717, 1.165) is 27.2 Å². The quantitative estimate of drug-likeness (QED) is 0.776. The van der Waals surface area contributed by atoms with Gasteiger partial charge in [0, 0.05) is 17.5 Å². The van der Waals surface area contributed by atoms with Gasteiger partial charge in [0.1, 0.15) is 10.6 Å². The first-order chi connectivity index (χ1) is 9.58. The summed E-state index contributed by atoms with van der Waals surface area (Å²) in [5.41, 5.74) is 0.452. The van der Waals surface area contributed by atoms with Crippen LogP contribution < -0.4 is 5.32 Å². The van der Waals surface area contributed by atoms with Crippen molar-refractivity contribution in [1.29, 1.82) is 0 Å². The molecule has 0 amide bonds. The van der Waals surface area contributed by atoms with Crippen LogP contribution in [0.2, 0.25) is 0 Å². The summed E-state index contributed by atoms with van der Waals surface area (Å²) in [7, 11) is 1.77. The molecule has 0 radical (unpaired) electrons. The maximum absolute atomic E-state index is 13.3. The van der Waals surface area contributed by atoms with Crippen molar-refractivity contribution in [2.45, 2.75) is 6.92 Å². The zero-order valence-electron chi connectivity index (χ0n) is 10.9. The summed E-state index contributed by atoms with van der Waals surface area (Å²) in [6.07, 6.45) is 0. The molecule has 3 nitrogen and oxygen atoms in total. The first-order valence-corrected chi connectivity index (χ1v) is 6.81. The number of thiophene rings is 1. The van der Waals surface area contributed by atoms with Crippen LogP contribution in [0.5, 0.6) is 0 Å². The highest BCUT2D eigenvalue weighted by Gasteiger charge is 2.12. The fraction of sp³-hybridized carbons (Fsp3) is 0.143. The van der Waals surface area contributed by atoms with Crippen LogP contribution >= 0.6 is 11.3 Å². The maximum atomic E-state index is 13.3. The minimum atomic E-state index is -0.903. The molecule has 0 fully saturated rings. The van der Waals surface area contributed by atoms with Crippen LogP contribution in [0.1, 0.15) is 4.88 Å². The Balaban J connectivity index is 2.22.